The molecule has 0 aromatic heterocycles. The van der Waals surface area contributed by atoms with Crippen LogP contribution in [0.1, 0.15) is 18.4 Å². The third kappa shape index (κ3) is 3.51. The largest absolute Gasteiger partial charge is 0.481 e. The van der Waals surface area contributed by atoms with E-state index in [1.165, 1.54) is 0 Å². The highest BCUT2D eigenvalue weighted by molar-refractivity contribution is 5.66. The van der Waals surface area contributed by atoms with Crippen LogP contribution in [0.25, 0.3) is 0 Å². The minimum absolute atomic E-state index is 0.0387. The lowest BCUT2D eigenvalue weighted by Gasteiger charge is -2.14. The second kappa shape index (κ2) is 5.79. The van der Waals surface area contributed by atoms with Crippen molar-refractivity contribution in [1.82, 2.24) is 0 Å². The van der Waals surface area contributed by atoms with Crippen LogP contribution in [0.2, 0.25) is 0 Å². The SMILES string of the molecule is Cc1cc2c(cc1NCC(O)CCC(=O)O)OCO2. The number of hydrogen-bond acceptors (Lipinski definition) is 5. The predicted molar refractivity (Wildman–Crippen MR) is 68.7 cm³/mol. The number of carbonyl (C=O) groups is 1. The number of anilines is 1. The molecule has 1 aliphatic rings. The van der Waals surface area contributed by atoms with Gasteiger partial charge in [-0.05, 0) is 25.0 Å². The Morgan fingerprint density at radius 1 is 1.42 bits per heavy atom. The lowest BCUT2D eigenvalue weighted by atomic mass is 10.1. The van der Waals surface area contributed by atoms with E-state index in [2.05, 4.69) is 5.32 Å². The van der Waals surface area contributed by atoms with Crippen molar-refractivity contribution in [3.05, 3.63) is 17.7 Å². The van der Waals surface area contributed by atoms with Gasteiger partial charge in [-0.15, -0.1) is 0 Å². The highest BCUT2D eigenvalue weighted by atomic mass is 16.7. The number of aliphatic hydroxyl groups is 1. The molecule has 0 saturated carbocycles. The Morgan fingerprint density at radius 2 is 2.11 bits per heavy atom. The normalized spacial score (nSPS) is 14.2. The van der Waals surface area contributed by atoms with E-state index in [-0.39, 0.29) is 19.6 Å². The van der Waals surface area contributed by atoms with Crippen molar-refractivity contribution in [2.75, 3.05) is 18.7 Å². The van der Waals surface area contributed by atoms with Crippen molar-refractivity contribution >= 4 is 11.7 Å². The number of ether oxygens (including phenoxy) is 2. The van der Waals surface area contributed by atoms with Crippen LogP contribution in [-0.2, 0) is 4.79 Å². The van der Waals surface area contributed by atoms with Crippen molar-refractivity contribution in [1.29, 1.82) is 0 Å². The number of benzene rings is 1. The van der Waals surface area contributed by atoms with Gasteiger partial charge < -0.3 is 25.0 Å². The molecule has 3 N–H and O–H groups in total. The highest BCUT2D eigenvalue weighted by Gasteiger charge is 2.16. The summed E-state index contributed by atoms with van der Waals surface area (Å²) < 4.78 is 10.5. The van der Waals surface area contributed by atoms with Gasteiger partial charge in [0.25, 0.3) is 0 Å². The highest BCUT2D eigenvalue weighted by Crippen LogP contribution is 2.36. The van der Waals surface area contributed by atoms with Gasteiger partial charge >= 0.3 is 5.97 Å². The molecule has 0 radical (unpaired) electrons. The molecule has 6 nitrogen and oxygen atoms in total. The average molecular weight is 267 g/mol. The summed E-state index contributed by atoms with van der Waals surface area (Å²) in [6.45, 7) is 2.45. The molecule has 19 heavy (non-hydrogen) atoms. The Morgan fingerprint density at radius 3 is 2.79 bits per heavy atom. The minimum Gasteiger partial charge on any atom is -0.481 e. The second-order valence-electron chi connectivity index (χ2n) is 4.49. The van der Waals surface area contributed by atoms with E-state index in [0.717, 1.165) is 17.0 Å². The lowest BCUT2D eigenvalue weighted by Crippen LogP contribution is -2.20. The maximum atomic E-state index is 10.4. The summed E-state index contributed by atoms with van der Waals surface area (Å²) in [5.74, 6) is 0.487. The molecule has 0 saturated heterocycles. The van der Waals surface area contributed by atoms with Crippen LogP contribution in [0.3, 0.4) is 0 Å². The molecule has 0 bridgehead atoms. The van der Waals surface area contributed by atoms with Crippen molar-refractivity contribution in [3.8, 4) is 11.5 Å². The lowest BCUT2D eigenvalue weighted by molar-refractivity contribution is -0.137. The molecule has 0 aliphatic carbocycles. The third-order valence-corrected chi connectivity index (χ3v) is 2.94. The van der Waals surface area contributed by atoms with Crippen LogP contribution in [0.4, 0.5) is 5.69 Å². The summed E-state index contributed by atoms with van der Waals surface area (Å²) in [6, 6.07) is 3.69. The molecule has 104 valence electrons. The Hall–Kier alpha value is -1.95. The van der Waals surface area contributed by atoms with Gasteiger partial charge in [0.05, 0.1) is 6.10 Å². The van der Waals surface area contributed by atoms with E-state index in [1.807, 2.05) is 19.1 Å². The molecule has 0 amide bonds. The fraction of sp³-hybridized carbons (Fsp3) is 0.462. The molecule has 1 heterocycles. The number of carboxylic acid groups (broad SMARTS) is 1. The van der Waals surface area contributed by atoms with Crippen LogP contribution >= 0.6 is 0 Å². The van der Waals surface area contributed by atoms with Gasteiger partial charge in [-0.2, -0.15) is 0 Å². The van der Waals surface area contributed by atoms with Crippen molar-refractivity contribution < 1.29 is 24.5 Å². The molecular weight excluding hydrogens is 250 g/mol. The molecule has 0 spiro atoms. The van der Waals surface area contributed by atoms with Crippen molar-refractivity contribution in [2.45, 2.75) is 25.9 Å². The van der Waals surface area contributed by atoms with Crippen LogP contribution < -0.4 is 14.8 Å². The van der Waals surface area contributed by atoms with E-state index < -0.39 is 12.1 Å². The average Bonchev–Trinajstić information content (AvgIpc) is 2.80. The maximum absolute atomic E-state index is 10.4. The van der Waals surface area contributed by atoms with Gasteiger partial charge in [0.15, 0.2) is 11.5 Å². The Kier molecular flexibility index (Phi) is 4.11. The minimum atomic E-state index is -0.904. The zero-order valence-corrected chi connectivity index (χ0v) is 10.7. The summed E-state index contributed by atoms with van der Waals surface area (Å²) in [6.07, 6.45) is -0.504. The summed E-state index contributed by atoms with van der Waals surface area (Å²) >= 11 is 0. The Bertz CT molecular complexity index is 474. The maximum Gasteiger partial charge on any atom is 0.303 e. The van der Waals surface area contributed by atoms with E-state index in [1.54, 1.807) is 0 Å². The number of hydrogen-bond donors (Lipinski definition) is 3. The zero-order valence-electron chi connectivity index (χ0n) is 10.7. The first kappa shape index (κ1) is 13.5. The van der Waals surface area contributed by atoms with E-state index in [4.69, 9.17) is 14.6 Å². The number of fused-ring (bicyclic) bond motifs is 1. The Labute approximate surface area is 111 Å². The molecular formula is C13H17NO5. The van der Waals surface area contributed by atoms with E-state index >= 15 is 0 Å². The van der Waals surface area contributed by atoms with Crippen molar-refractivity contribution in [2.24, 2.45) is 0 Å². The molecule has 1 atom stereocenters. The zero-order chi connectivity index (χ0) is 13.8. The number of nitrogens with one attached hydrogen (secondary N) is 1. The number of carboxylic acids is 1. The number of aryl methyl sites for hydroxylation is 1. The summed E-state index contributed by atoms with van der Waals surface area (Å²) in [7, 11) is 0. The Balaban J connectivity index is 1.91. The quantitative estimate of drug-likeness (QED) is 0.721. The fourth-order valence-corrected chi connectivity index (χ4v) is 1.85. The standard InChI is InChI=1S/C13H17NO5/c1-8-4-11-12(19-7-18-11)5-10(8)14-6-9(15)2-3-13(16)17/h4-5,9,14-15H,2-3,6-7H2,1H3,(H,16,17). The smallest absolute Gasteiger partial charge is 0.303 e. The van der Waals surface area contributed by atoms with Gasteiger partial charge in [-0.25, -0.2) is 0 Å². The second-order valence-corrected chi connectivity index (χ2v) is 4.49. The number of aliphatic hydroxyl groups excluding tert-OH is 1. The summed E-state index contributed by atoms with van der Waals surface area (Å²) in [5, 5.41) is 21.3. The molecule has 1 aromatic carbocycles. The third-order valence-electron chi connectivity index (χ3n) is 2.94. The van der Waals surface area contributed by atoms with Crippen LogP contribution in [0.5, 0.6) is 11.5 Å². The molecule has 2 rings (SSSR count). The summed E-state index contributed by atoms with van der Waals surface area (Å²) in [4.78, 5) is 10.4. The summed E-state index contributed by atoms with van der Waals surface area (Å²) in [5.41, 5.74) is 1.83. The fourth-order valence-electron chi connectivity index (χ4n) is 1.85. The molecule has 1 unspecified atom stereocenters. The van der Waals surface area contributed by atoms with Crippen LogP contribution in [-0.4, -0.2) is 35.6 Å². The van der Waals surface area contributed by atoms with Gasteiger partial charge in [-0.3, -0.25) is 4.79 Å². The monoisotopic (exact) mass is 267 g/mol. The van der Waals surface area contributed by atoms with Gasteiger partial charge in [0.2, 0.25) is 6.79 Å². The van der Waals surface area contributed by atoms with Crippen LogP contribution in [0, 0.1) is 6.92 Å². The van der Waals surface area contributed by atoms with Gasteiger partial charge in [-0.1, -0.05) is 0 Å². The molecule has 1 aromatic rings. The van der Waals surface area contributed by atoms with Crippen molar-refractivity contribution in [3.63, 3.8) is 0 Å². The molecule has 6 heteroatoms. The van der Waals surface area contributed by atoms with Crippen LogP contribution in [0.15, 0.2) is 12.1 Å². The van der Waals surface area contributed by atoms with Gasteiger partial charge in [0.1, 0.15) is 0 Å². The number of rotatable bonds is 6. The predicted octanol–water partition coefficient (Wildman–Crippen LogP) is 1.36. The molecule has 1 aliphatic heterocycles. The first-order chi connectivity index (χ1) is 9.06. The first-order valence-corrected chi connectivity index (χ1v) is 6.10. The van der Waals surface area contributed by atoms with E-state index in [0.29, 0.717) is 12.3 Å². The number of aliphatic carboxylic acids is 1. The topological polar surface area (TPSA) is 88.0 Å². The molecule has 0 fully saturated rings. The van der Waals surface area contributed by atoms with Gasteiger partial charge in [0, 0.05) is 24.7 Å². The van der Waals surface area contributed by atoms with E-state index in [9.17, 15) is 9.90 Å². The first-order valence-electron chi connectivity index (χ1n) is 6.10.